The highest BCUT2D eigenvalue weighted by Crippen LogP contribution is 2.43. The molecule has 0 N–H and O–H groups in total. The molecule has 2 aromatic rings. The van der Waals surface area contributed by atoms with Gasteiger partial charge >= 0.3 is 17.9 Å². The van der Waals surface area contributed by atoms with Crippen molar-refractivity contribution < 1.29 is 66.2 Å². The maximum atomic E-state index is 12.4. The number of carbonyl (C=O) groups excluding carboxylic acids is 3. The van der Waals surface area contributed by atoms with Crippen molar-refractivity contribution in [2.45, 2.75) is 134 Å². The molecule has 0 spiro atoms. The van der Waals surface area contributed by atoms with Crippen LogP contribution in [0.2, 0.25) is 18.1 Å². The number of methoxy groups -OCH3 is 1. The summed E-state index contributed by atoms with van der Waals surface area (Å²) in [6, 6.07) is 19.5. The Balaban J connectivity index is 1.49. The van der Waals surface area contributed by atoms with Crippen molar-refractivity contribution in [1.29, 1.82) is 0 Å². The molecule has 3 saturated heterocycles. The summed E-state index contributed by atoms with van der Waals surface area (Å²) in [5, 5.41) is -0.205. The first-order chi connectivity index (χ1) is 25.6. The van der Waals surface area contributed by atoms with Crippen LogP contribution in [0.3, 0.4) is 0 Å². The molecule has 54 heavy (non-hydrogen) atoms. The lowest BCUT2D eigenvalue weighted by molar-refractivity contribution is -0.371. The Kier molecular flexibility index (Phi) is 14.1. The maximum absolute atomic E-state index is 12.4. The Morgan fingerprint density at radius 2 is 1.31 bits per heavy atom. The van der Waals surface area contributed by atoms with Gasteiger partial charge in [0.1, 0.15) is 30.5 Å². The van der Waals surface area contributed by atoms with E-state index in [9.17, 15) is 14.4 Å². The Bertz CT molecular complexity index is 1530. The van der Waals surface area contributed by atoms with E-state index in [1.165, 1.54) is 27.9 Å². The van der Waals surface area contributed by atoms with Crippen LogP contribution < -0.4 is 0 Å². The van der Waals surface area contributed by atoms with E-state index in [4.69, 9.17) is 51.8 Å². The van der Waals surface area contributed by atoms with Crippen LogP contribution in [-0.2, 0) is 72.8 Å². The molecule has 3 fully saturated rings. The third kappa shape index (κ3) is 10.3. The molecule has 0 aliphatic carbocycles. The highest BCUT2D eigenvalue weighted by molar-refractivity contribution is 6.74. The summed E-state index contributed by atoms with van der Waals surface area (Å²) in [7, 11) is -1.20. The first-order valence-corrected chi connectivity index (χ1v) is 21.1. The lowest BCUT2D eigenvalue weighted by atomic mass is 9.96. The second-order valence-corrected chi connectivity index (χ2v) is 19.9. The van der Waals surface area contributed by atoms with Crippen LogP contribution in [-0.4, -0.2) is 108 Å². The zero-order valence-corrected chi connectivity index (χ0v) is 33.5. The number of hydrogen-bond donors (Lipinski definition) is 0. The highest BCUT2D eigenvalue weighted by atomic mass is 28.4. The zero-order valence-electron chi connectivity index (χ0n) is 32.5. The number of rotatable bonds is 13. The molecule has 0 saturated carbocycles. The molecule has 0 radical (unpaired) electrons. The quantitative estimate of drug-likeness (QED) is 0.153. The summed E-state index contributed by atoms with van der Waals surface area (Å²) in [5.74, 6) is -2.06. The van der Waals surface area contributed by atoms with Crippen LogP contribution in [0.4, 0.5) is 0 Å². The van der Waals surface area contributed by atoms with Crippen LogP contribution in [0.15, 0.2) is 60.7 Å². The fourth-order valence-electron chi connectivity index (χ4n) is 6.43. The molecule has 14 nitrogen and oxygen atoms in total. The van der Waals surface area contributed by atoms with Crippen molar-refractivity contribution in [3.05, 3.63) is 71.8 Å². The van der Waals surface area contributed by atoms with E-state index in [-0.39, 0.29) is 24.9 Å². The molecule has 0 aromatic heterocycles. The second-order valence-electron chi connectivity index (χ2n) is 15.2. The molecule has 15 heteroatoms. The van der Waals surface area contributed by atoms with Crippen molar-refractivity contribution in [2.75, 3.05) is 20.3 Å². The molecule has 5 rings (SSSR count). The summed E-state index contributed by atoms with van der Waals surface area (Å²) < 4.78 is 68.4. The van der Waals surface area contributed by atoms with E-state index < -0.39 is 93.9 Å². The summed E-state index contributed by atoms with van der Waals surface area (Å²) in [4.78, 5) is 36.8. The second kappa shape index (κ2) is 18.1. The molecular formula is C39H54O14Si. The van der Waals surface area contributed by atoms with Gasteiger partial charge in [-0.2, -0.15) is 0 Å². The summed E-state index contributed by atoms with van der Waals surface area (Å²) in [6.07, 6.45) is -10.5. The molecule has 0 amide bonds. The number of fused-ring (bicyclic) bond motifs is 1. The predicted octanol–water partition coefficient (Wildman–Crippen LogP) is 4.98. The molecule has 298 valence electrons. The molecule has 0 bridgehead atoms. The standard InChI is InChI=1S/C39H54O14Si/c1-23(40)47-31-29(50-37(43-7)34(49-25(3)42)33(31)48-24(2)41)22-46-38-35(53-54(8,9)39(4,5)6)32(44-20-26-16-12-10-13-17-26)30-28(51-38)21-45-36(52-30)27-18-14-11-15-19-27/h10-19,28-38H,20-22H2,1-9H3/t28-,29-,30-,31-,32+,33+,34-,35+,36-,37+,38+/m1/s1. The molecule has 2 aromatic carbocycles. The predicted molar refractivity (Wildman–Crippen MR) is 194 cm³/mol. The fraction of sp³-hybridized carbons (Fsp3) is 0.615. The third-order valence-corrected chi connectivity index (χ3v) is 14.5. The normalized spacial score (nSPS) is 31.5. The van der Waals surface area contributed by atoms with E-state index in [0.29, 0.717) is 0 Å². The van der Waals surface area contributed by atoms with Crippen molar-refractivity contribution >= 4 is 26.2 Å². The molecule has 3 heterocycles. The number of carbonyl (C=O) groups is 3. The smallest absolute Gasteiger partial charge is 0.303 e. The molecular weight excluding hydrogens is 721 g/mol. The van der Waals surface area contributed by atoms with Gasteiger partial charge in [-0.25, -0.2) is 0 Å². The minimum Gasteiger partial charge on any atom is -0.456 e. The van der Waals surface area contributed by atoms with Gasteiger partial charge in [0.15, 0.2) is 45.5 Å². The number of hydrogen-bond acceptors (Lipinski definition) is 14. The Morgan fingerprint density at radius 3 is 1.91 bits per heavy atom. The van der Waals surface area contributed by atoms with Crippen molar-refractivity contribution in [1.82, 2.24) is 0 Å². The zero-order chi connectivity index (χ0) is 39.2. The number of esters is 3. The van der Waals surface area contributed by atoms with Gasteiger partial charge in [0.25, 0.3) is 0 Å². The maximum Gasteiger partial charge on any atom is 0.303 e. The van der Waals surface area contributed by atoms with Crippen LogP contribution >= 0.6 is 0 Å². The van der Waals surface area contributed by atoms with Gasteiger partial charge in [-0.05, 0) is 23.7 Å². The van der Waals surface area contributed by atoms with E-state index in [0.717, 1.165) is 11.1 Å². The topological polar surface area (TPSA) is 153 Å². The van der Waals surface area contributed by atoms with Gasteiger partial charge in [-0.15, -0.1) is 0 Å². The average molecular weight is 775 g/mol. The van der Waals surface area contributed by atoms with Gasteiger partial charge in [-0.3, -0.25) is 14.4 Å². The monoisotopic (exact) mass is 774 g/mol. The van der Waals surface area contributed by atoms with E-state index in [1.807, 2.05) is 60.7 Å². The Labute approximate surface area is 318 Å². The molecule has 11 atom stereocenters. The Morgan fingerprint density at radius 1 is 0.722 bits per heavy atom. The van der Waals surface area contributed by atoms with Gasteiger partial charge in [0, 0.05) is 33.4 Å². The van der Waals surface area contributed by atoms with Crippen LogP contribution in [0.5, 0.6) is 0 Å². The summed E-state index contributed by atoms with van der Waals surface area (Å²) >= 11 is 0. The van der Waals surface area contributed by atoms with Gasteiger partial charge < -0.3 is 51.8 Å². The SMILES string of the molecule is CO[C@H]1O[C@H](CO[C@H]2O[C@@H]3CO[C@@H](c4ccccc4)O[C@H]3[C@H](OCc3ccccc3)[C@@H]2O[Si](C)(C)C(C)(C)C)[C@@H](OC(C)=O)[C@H](OC(C)=O)[C@H]1OC(C)=O. The largest absolute Gasteiger partial charge is 0.456 e. The van der Waals surface area contributed by atoms with Gasteiger partial charge in [0.2, 0.25) is 0 Å². The summed E-state index contributed by atoms with van der Waals surface area (Å²) in [6.45, 7) is 14.4. The van der Waals surface area contributed by atoms with Gasteiger partial charge in [-0.1, -0.05) is 81.4 Å². The Hall–Kier alpha value is -3.25. The minimum atomic E-state index is -2.55. The van der Waals surface area contributed by atoms with Crippen molar-refractivity contribution in [2.24, 2.45) is 0 Å². The molecule has 0 unspecified atom stereocenters. The van der Waals surface area contributed by atoms with Gasteiger partial charge in [0.05, 0.1) is 19.8 Å². The lowest BCUT2D eigenvalue weighted by Gasteiger charge is -2.52. The minimum absolute atomic E-state index is 0.169. The van der Waals surface area contributed by atoms with E-state index in [1.54, 1.807) is 0 Å². The van der Waals surface area contributed by atoms with Crippen LogP contribution in [0.25, 0.3) is 0 Å². The van der Waals surface area contributed by atoms with Crippen LogP contribution in [0.1, 0.15) is 59.0 Å². The van der Waals surface area contributed by atoms with Crippen LogP contribution in [0, 0.1) is 0 Å². The van der Waals surface area contributed by atoms with E-state index >= 15 is 0 Å². The summed E-state index contributed by atoms with van der Waals surface area (Å²) in [5.41, 5.74) is 1.81. The fourth-order valence-corrected chi connectivity index (χ4v) is 7.71. The molecule has 3 aliphatic heterocycles. The number of ether oxygens (including phenoxy) is 10. The van der Waals surface area contributed by atoms with Crippen molar-refractivity contribution in [3.8, 4) is 0 Å². The van der Waals surface area contributed by atoms with Crippen molar-refractivity contribution in [3.63, 3.8) is 0 Å². The first kappa shape index (κ1) is 41.9. The first-order valence-electron chi connectivity index (χ1n) is 18.2. The third-order valence-electron chi connectivity index (χ3n) is 10.0. The lowest BCUT2D eigenvalue weighted by Crippen LogP contribution is -2.66. The number of benzene rings is 2. The average Bonchev–Trinajstić information content (AvgIpc) is 3.11. The molecule has 3 aliphatic rings. The van der Waals surface area contributed by atoms with E-state index in [2.05, 4.69) is 33.9 Å². The highest BCUT2D eigenvalue weighted by Gasteiger charge is 2.56.